The van der Waals surface area contributed by atoms with E-state index in [2.05, 4.69) is 10.6 Å². The summed E-state index contributed by atoms with van der Waals surface area (Å²) in [5.41, 5.74) is 3.56. The van der Waals surface area contributed by atoms with E-state index in [1.54, 1.807) is 0 Å². The Morgan fingerprint density at radius 1 is 0.931 bits per heavy atom. The van der Waals surface area contributed by atoms with Gasteiger partial charge in [-0.25, -0.2) is 4.79 Å². The second-order valence-corrected chi connectivity index (χ2v) is 7.48. The number of hydrogen-bond donors (Lipinski definition) is 2. The molecule has 0 saturated carbocycles. The lowest BCUT2D eigenvalue weighted by Gasteiger charge is -2.21. The van der Waals surface area contributed by atoms with Gasteiger partial charge >= 0.3 is 5.97 Å². The molecule has 0 saturated heterocycles. The number of hydrogen-bond acceptors (Lipinski definition) is 4. The maximum absolute atomic E-state index is 12.4. The number of carbonyl (C=O) groups excluding carboxylic acids is 3. The summed E-state index contributed by atoms with van der Waals surface area (Å²) in [4.78, 5) is 36.8. The van der Waals surface area contributed by atoms with Gasteiger partial charge in [0.2, 0.25) is 5.91 Å². The van der Waals surface area contributed by atoms with Crippen LogP contribution in [-0.4, -0.2) is 30.4 Å². The molecular formula is C23H28N2O4. The van der Waals surface area contributed by atoms with Crippen molar-refractivity contribution in [3.8, 4) is 0 Å². The van der Waals surface area contributed by atoms with Crippen molar-refractivity contribution in [3.63, 3.8) is 0 Å². The predicted octanol–water partition coefficient (Wildman–Crippen LogP) is 3.17. The van der Waals surface area contributed by atoms with Gasteiger partial charge in [-0.3, -0.25) is 9.59 Å². The summed E-state index contributed by atoms with van der Waals surface area (Å²) in [5.74, 6) is -1.50. The Labute approximate surface area is 171 Å². The van der Waals surface area contributed by atoms with Crippen LogP contribution in [0.3, 0.4) is 0 Å². The van der Waals surface area contributed by atoms with Crippen LogP contribution >= 0.6 is 0 Å². The number of rotatable bonds is 8. The molecule has 2 rings (SSSR count). The molecule has 6 nitrogen and oxygen atoms in total. The number of ether oxygens (including phenoxy) is 1. The Bertz CT molecular complexity index is 842. The maximum Gasteiger partial charge on any atom is 0.329 e. The Hall–Kier alpha value is -3.15. The molecule has 0 radical (unpaired) electrons. The smallest absolute Gasteiger partial charge is 0.329 e. The molecule has 0 heterocycles. The topological polar surface area (TPSA) is 84.5 Å². The summed E-state index contributed by atoms with van der Waals surface area (Å²) in [6.45, 7) is 7.08. The number of aryl methyl sites for hydroxylation is 2. The summed E-state index contributed by atoms with van der Waals surface area (Å²) in [6.07, 6.45) is 0.171. The minimum absolute atomic E-state index is 0.171. The lowest BCUT2D eigenvalue weighted by atomic mass is 10.0. The molecule has 0 aliphatic carbocycles. The van der Waals surface area contributed by atoms with Crippen LogP contribution in [0.2, 0.25) is 0 Å². The second kappa shape index (κ2) is 10.4. The van der Waals surface area contributed by atoms with Crippen molar-refractivity contribution in [2.45, 2.75) is 40.2 Å². The van der Waals surface area contributed by atoms with E-state index in [-0.39, 0.29) is 18.2 Å². The zero-order chi connectivity index (χ0) is 21.4. The number of anilines is 1. The third-order valence-corrected chi connectivity index (χ3v) is 4.30. The number of nitrogens with one attached hydrogen (secondary N) is 2. The molecular weight excluding hydrogens is 368 g/mol. The van der Waals surface area contributed by atoms with E-state index in [4.69, 9.17) is 4.74 Å². The third-order valence-electron chi connectivity index (χ3n) is 4.30. The lowest BCUT2D eigenvalue weighted by Crippen LogP contribution is -2.46. The van der Waals surface area contributed by atoms with E-state index < -0.39 is 24.5 Å². The molecule has 29 heavy (non-hydrogen) atoms. The maximum atomic E-state index is 12.4. The average molecular weight is 396 g/mol. The van der Waals surface area contributed by atoms with E-state index >= 15 is 0 Å². The van der Waals surface area contributed by atoms with Gasteiger partial charge in [0, 0.05) is 5.69 Å². The van der Waals surface area contributed by atoms with Crippen molar-refractivity contribution in [3.05, 3.63) is 65.2 Å². The zero-order valence-electron chi connectivity index (χ0n) is 17.3. The molecule has 0 aliphatic rings. The molecule has 0 fully saturated rings. The van der Waals surface area contributed by atoms with Gasteiger partial charge in [-0.1, -0.05) is 50.2 Å². The van der Waals surface area contributed by atoms with E-state index in [0.29, 0.717) is 5.69 Å². The second-order valence-electron chi connectivity index (χ2n) is 7.48. The SMILES string of the molecule is Cc1cc(C)cc(NC(=O)COC(=O)[C@@H](NC(=O)Cc2ccccc2)C(C)C)c1. The predicted molar refractivity (Wildman–Crippen MR) is 112 cm³/mol. The van der Waals surface area contributed by atoms with Crippen LogP contribution in [0.5, 0.6) is 0 Å². The van der Waals surface area contributed by atoms with Crippen LogP contribution in [0, 0.1) is 19.8 Å². The molecule has 0 unspecified atom stereocenters. The standard InChI is InChI=1S/C23H28N2O4/c1-15(2)22(25-20(26)13-18-8-6-5-7-9-18)23(28)29-14-21(27)24-19-11-16(3)10-17(4)12-19/h5-12,15,22H,13-14H2,1-4H3,(H,24,27)(H,25,26)/t22-/m0/s1. The van der Waals surface area contributed by atoms with Crippen molar-refractivity contribution < 1.29 is 19.1 Å². The largest absolute Gasteiger partial charge is 0.454 e. The van der Waals surface area contributed by atoms with Crippen LogP contribution in [0.4, 0.5) is 5.69 Å². The Morgan fingerprint density at radius 3 is 2.14 bits per heavy atom. The third kappa shape index (κ3) is 7.41. The number of amides is 2. The van der Waals surface area contributed by atoms with Gasteiger partial charge in [0.1, 0.15) is 6.04 Å². The Kier molecular flexibility index (Phi) is 7.95. The van der Waals surface area contributed by atoms with Gasteiger partial charge < -0.3 is 15.4 Å². The Balaban J connectivity index is 1.88. The van der Waals surface area contributed by atoms with Crippen LogP contribution in [-0.2, 0) is 25.5 Å². The summed E-state index contributed by atoms with van der Waals surface area (Å²) in [6, 6.07) is 14.1. The highest BCUT2D eigenvalue weighted by atomic mass is 16.5. The van der Waals surface area contributed by atoms with E-state index in [1.165, 1.54) is 0 Å². The summed E-state index contributed by atoms with van der Waals surface area (Å²) in [7, 11) is 0. The molecule has 2 N–H and O–H groups in total. The zero-order valence-corrected chi connectivity index (χ0v) is 17.3. The minimum Gasteiger partial charge on any atom is -0.454 e. The first-order chi connectivity index (χ1) is 13.7. The minimum atomic E-state index is -0.819. The van der Waals surface area contributed by atoms with Crippen molar-refractivity contribution in [1.29, 1.82) is 0 Å². The normalized spacial score (nSPS) is 11.6. The summed E-state index contributed by atoms with van der Waals surface area (Å²) in [5, 5.41) is 5.42. The van der Waals surface area contributed by atoms with Crippen LogP contribution < -0.4 is 10.6 Å². The highest BCUT2D eigenvalue weighted by Crippen LogP contribution is 2.13. The number of carbonyl (C=O) groups is 3. The van der Waals surface area contributed by atoms with Gasteiger partial charge in [0.05, 0.1) is 6.42 Å². The molecule has 0 spiro atoms. The fourth-order valence-corrected chi connectivity index (χ4v) is 2.97. The highest BCUT2D eigenvalue weighted by molar-refractivity contribution is 5.93. The monoisotopic (exact) mass is 396 g/mol. The molecule has 6 heteroatoms. The fraction of sp³-hybridized carbons (Fsp3) is 0.348. The molecule has 154 valence electrons. The van der Waals surface area contributed by atoms with Crippen molar-refractivity contribution in [1.82, 2.24) is 5.32 Å². The fourth-order valence-electron chi connectivity index (χ4n) is 2.97. The van der Waals surface area contributed by atoms with Crippen molar-refractivity contribution in [2.75, 3.05) is 11.9 Å². The van der Waals surface area contributed by atoms with Crippen LogP contribution in [0.25, 0.3) is 0 Å². The molecule has 0 aliphatic heterocycles. The van der Waals surface area contributed by atoms with E-state index in [1.807, 2.05) is 76.2 Å². The molecule has 2 amide bonds. The quantitative estimate of drug-likeness (QED) is 0.671. The van der Waals surface area contributed by atoms with Crippen molar-refractivity contribution >= 4 is 23.5 Å². The van der Waals surface area contributed by atoms with Crippen LogP contribution in [0.15, 0.2) is 48.5 Å². The number of esters is 1. The van der Waals surface area contributed by atoms with E-state index in [0.717, 1.165) is 16.7 Å². The molecule has 0 aromatic heterocycles. The summed E-state index contributed by atoms with van der Waals surface area (Å²) < 4.78 is 5.15. The molecule has 1 atom stereocenters. The van der Waals surface area contributed by atoms with Gasteiger partial charge in [-0.2, -0.15) is 0 Å². The lowest BCUT2D eigenvalue weighted by molar-refractivity contribution is -0.151. The van der Waals surface area contributed by atoms with Gasteiger partial charge in [-0.15, -0.1) is 0 Å². The Morgan fingerprint density at radius 2 is 1.55 bits per heavy atom. The summed E-state index contributed by atoms with van der Waals surface area (Å²) >= 11 is 0. The molecule has 0 bridgehead atoms. The first-order valence-electron chi connectivity index (χ1n) is 9.62. The van der Waals surface area contributed by atoms with Crippen LogP contribution in [0.1, 0.15) is 30.5 Å². The highest BCUT2D eigenvalue weighted by Gasteiger charge is 2.26. The van der Waals surface area contributed by atoms with Gasteiger partial charge in [-0.05, 0) is 48.6 Å². The first-order valence-corrected chi connectivity index (χ1v) is 9.62. The average Bonchev–Trinajstić information content (AvgIpc) is 2.64. The number of benzene rings is 2. The van der Waals surface area contributed by atoms with Gasteiger partial charge in [0.15, 0.2) is 6.61 Å². The molecule has 2 aromatic rings. The first kappa shape index (κ1) is 22.1. The van der Waals surface area contributed by atoms with Gasteiger partial charge in [0.25, 0.3) is 5.91 Å². The van der Waals surface area contributed by atoms with E-state index in [9.17, 15) is 14.4 Å². The molecule has 2 aromatic carbocycles. The van der Waals surface area contributed by atoms with Crippen molar-refractivity contribution in [2.24, 2.45) is 5.92 Å².